The van der Waals surface area contributed by atoms with Gasteiger partial charge in [-0.05, 0) is 30.3 Å². The van der Waals surface area contributed by atoms with E-state index in [1.807, 2.05) is 12.1 Å². The molecule has 0 aliphatic heterocycles. The Balaban J connectivity index is 2.09. The molecule has 0 aliphatic rings. The summed E-state index contributed by atoms with van der Waals surface area (Å²) in [6.07, 6.45) is 3.28. The van der Waals surface area contributed by atoms with E-state index in [-0.39, 0.29) is 5.91 Å². The number of amides is 1. The average molecular weight is 278 g/mol. The molecule has 0 saturated carbocycles. The van der Waals surface area contributed by atoms with Gasteiger partial charge in [0.25, 0.3) is 5.91 Å². The number of benzene rings is 1. The van der Waals surface area contributed by atoms with Crippen molar-refractivity contribution in [1.82, 2.24) is 10.4 Å². The number of H-pyrrole nitrogens is 1. The minimum Gasteiger partial charge on any atom is -0.496 e. The molecule has 1 amide bonds. The van der Waals surface area contributed by atoms with E-state index in [0.29, 0.717) is 16.3 Å². The maximum atomic E-state index is 11.9. The van der Waals surface area contributed by atoms with Gasteiger partial charge in [0.05, 0.1) is 24.6 Å². The quantitative estimate of drug-likeness (QED) is 0.666. The van der Waals surface area contributed by atoms with Crippen LogP contribution in [0.1, 0.15) is 16.1 Å². The molecule has 6 heteroatoms. The molecule has 98 valence electrons. The molecule has 0 radical (unpaired) electrons. The minimum absolute atomic E-state index is 0.332. The monoisotopic (exact) mass is 277 g/mol. The fraction of sp³-hybridized carbons (Fsp3) is 0.0769. The first-order valence-corrected chi connectivity index (χ1v) is 5.89. The molecule has 0 saturated heterocycles. The van der Waals surface area contributed by atoms with E-state index >= 15 is 0 Å². The predicted molar refractivity (Wildman–Crippen MR) is 73.9 cm³/mol. The number of methoxy groups -OCH3 is 1. The normalized spacial score (nSPS) is 10.6. The second-order valence-electron chi connectivity index (χ2n) is 3.67. The van der Waals surface area contributed by atoms with Crippen molar-refractivity contribution in [3.8, 4) is 5.75 Å². The zero-order chi connectivity index (χ0) is 13.7. The molecular weight excluding hydrogens is 266 g/mol. The van der Waals surface area contributed by atoms with Gasteiger partial charge in [-0.3, -0.25) is 4.79 Å². The van der Waals surface area contributed by atoms with Crippen molar-refractivity contribution < 1.29 is 9.53 Å². The van der Waals surface area contributed by atoms with Crippen LogP contribution < -0.4 is 10.2 Å². The molecule has 0 fully saturated rings. The Kier molecular flexibility index (Phi) is 4.20. The van der Waals surface area contributed by atoms with Crippen LogP contribution >= 0.6 is 11.6 Å². The molecule has 19 heavy (non-hydrogen) atoms. The molecule has 1 aromatic heterocycles. The molecule has 1 aromatic carbocycles. The number of carbonyl (C=O) groups excluding carboxylic acids is 1. The summed E-state index contributed by atoms with van der Waals surface area (Å²) < 4.78 is 5.10. The molecule has 0 spiro atoms. The van der Waals surface area contributed by atoms with E-state index in [1.165, 1.54) is 19.4 Å². The first kappa shape index (κ1) is 13.2. The van der Waals surface area contributed by atoms with Crippen molar-refractivity contribution in [3.63, 3.8) is 0 Å². The predicted octanol–water partition coefficient (Wildman–Crippen LogP) is 2.44. The summed E-state index contributed by atoms with van der Waals surface area (Å²) in [6, 6.07) is 8.48. The van der Waals surface area contributed by atoms with Crippen molar-refractivity contribution in [2.75, 3.05) is 7.11 Å². The molecule has 5 nitrogen and oxygen atoms in total. The Hall–Kier alpha value is -2.27. The van der Waals surface area contributed by atoms with Gasteiger partial charge in [-0.1, -0.05) is 11.6 Å². The number of nitrogens with zero attached hydrogens (tertiary/aromatic N) is 1. The molecular formula is C13H12ClN3O2. The fourth-order valence-electron chi connectivity index (χ4n) is 1.50. The van der Waals surface area contributed by atoms with Crippen molar-refractivity contribution in [3.05, 3.63) is 52.8 Å². The lowest BCUT2D eigenvalue weighted by Gasteiger charge is -2.06. The Morgan fingerprint density at radius 1 is 1.47 bits per heavy atom. The van der Waals surface area contributed by atoms with Gasteiger partial charge in [-0.25, -0.2) is 5.43 Å². The number of hydrazone groups is 1. The summed E-state index contributed by atoms with van der Waals surface area (Å²) in [5.74, 6) is 0.0547. The van der Waals surface area contributed by atoms with Crippen LogP contribution in [0.15, 0.2) is 41.6 Å². The molecule has 0 unspecified atom stereocenters. The topological polar surface area (TPSA) is 66.5 Å². The Labute approximate surface area is 115 Å². The van der Waals surface area contributed by atoms with E-state index < -0.39 is 0 Å². The van der Waals surface area contributed by atoms with Gasteiger partial charge >= 0.3 is 0 Å². The molecule has 1 heterocycles. The van der Waals surface area contributed by atoms with E-state index in [9.17, 15) is 4.79 Å². The van der Waals surface area contributed by atoms with E-state index in [1.54, 1.807) is 18.3 Å². The lowest BCUT2D eigenvalue weighted by molar-refractivity contribution is 0.0952. The maximum absolute atomic E-state index is 11.9. The van der Waals surface area contributed by atoms with Crippen LogP contribution in [0.25, 0.3) is 0 Å². The largest absolute Gasteiger partial charge is 0.496 e. The van der Waals surface area contributed by atoms with Gasteiger partial charge in [0.1, 0.15) is 5.75 Å². The molecule has 2 rings (SSSR count). The van der Waals surface area contributed by atoms with Crippen molar-refractivity contribution >= 4 is 23.7 Å². The number of nitrogens with one attached hydrogen (secondary N) is 2. The van der Waals surface area contributed by atoms with Crippen LogP contribution in [0.4, 0.5) is 0 Å². The average Bonchev–Trinajstić information content (AvgIpc) is 2.91. The van der Waals surface area contributed by atoms with Crippen molar-refractivity contribution in [1.29, 1.82) is 0 Å². The minimum atomic E-state index is -0.387. The number of aromatic nitrogens is 1. The zero-order valence-corrected chi connectivity index (χ0v) is 10.9. The van der Waals surface area contributed by atoms with Gasteiger partial charge in [-0.15, -0.1) is 0 Å². The Bertz CT molecular complexity index is 594. The number of hydrogen-bond acceptors (Lipinski definition) is 3. The van der Waals surface area contributed by atoms with Crippen LogP contribution in [0.3, 0.4) is 0 Å². The molecule has 0 atom stereocenters. The lowest BCUT2D eigenvalue weighted by atomic mass is 10.2. The smallest absolute Gasteiger partial charge is 0.275 e. The maximum Gasteiger partial charge on any atom is 0.275 e. The number of carbonyl (C=O) groups is 1. The first-order valence-electron chi connectivity index (χ1n) is 5.51. The third-order valence-corrected chi connectivity index (χ3v) is 2.63. The Morgan fingerprint density at radius 3 is 3.00 bits per heavy atom. The van der Waals surface area contributed by atoms with Crippen LogP contribution in [0.2, 0.25) is 5.02 Å². The van der Waals surface area contributed by atoms with Crippen LogP contribution in [-0.4, -0.2) is 24.2 Å². The summed E-state index contributed by atoms with van der Waals surface area (Å²) in [5.41, 5.74) is 3.53. The molecule has 2 aromatic rings. The summed E-state index contributed by atoms with van der Waals surface area (Å²) in [6.45, 7) is 0. The van der Waals surface area contributed by atoms with Gasteiger partial charge < -0.3 is 9.72 Å². The van der Waals surface area contributed by atoms with E-state index in [4.69, 9.17) is 16.3 Å². The highest BCUT2D eigenvalue weighted by Gasteiger charge is 2.11. The zero-order valence-electron chi connectivity index (χ0n) is 10.2. The van der Waals surface area contributed by atoms with Crippen molar-refractivity contribution in [2.24, 2.45) is 5.10 Å². The van der Waals surface area contributed by atoms with Crippen LogP contribution in [-0.2, 0) is 0 Å². The SMILES string of the molecule is COc1ccc(Cl)cc1C(=O)NN=Cc1ccc[nH]1. The summed E-state index contributed by atoms with van der Waals surface area (Å²) in [5, 5.41) is 4.30. The standard InChI is InChI=1S/C13H12ClN3O2/c1-19-12-5-4-9(14)7-11(12)13(18)17-16-8-10-3-2-6-15-10/h2-8,15H,1H3,(H,17,18). The number of ether oxygens (including phenoxy) is 1. The second-order valence-corrected chi connectivity index (χ2v) is 4.11. The number of halogens is 1. The second kappa shape index (κ2) is 6.06. The first-order chi connectivity index (χ1) is 9.20. The Morgan fingerprint density at radius 2 is 2.32 bits per heavy atom. The third-order valence-electron chi connectivity index (χ3n) is 2.40. The highest BCUT2D eigenvalue weighted by atomic mass is 35.5. The summed E-state index contributed by atoms with van der Waals surface area (Å²) in [7, 11) is 1.49. The van der Waals surface area contributed by atoms with Gasteiger partial charge in [0, 0.05) is 11.2 Å². The highest BCUT2D eigenvalue weighted by molar-refractivity contribution is 6.31. The number of aromatic amines is 1. The van der Waals surface area contributed by atoms with Crippen LogP contribution in [0, 0.1) is 0 Å². The third kappa shape index (κ3) is 3.35. The molecule has 2 N–H and O–H groups in total. The number of hydrogen-bond donors (Lipinski definition) is 2. The highest BCUT2D eigenvalue weighted by Crippen LogP contribution is 2.22. The summed E-state index contributed by atoms with van der Waals surface area (Å²) >= 11 is 5.85. The lowest BCUT2D eigenvalue weighted by Crippen LogP contribution is -2.18. The number of rotatable bonds is 4. The van der Waals surface area contributed by atoms with Gasteiger partial charge in [0.2, 0.25) is 0 Å². The van der Waals surface area contributed by atoms with Gasteiger partial charge in [-0.2, -0.15) is 5.10 Å². The van der Waals surface area contributed by atoms with Crippen molar-refractivity contribution in [2.45, 2.75) is 0 Å². The summed E-state index contributed by atoms with van der Waals surface area (Å²) in [4.78, 5) is 14.9. The van der Waals surface area contributed by atoms with Gasteiger partial charge in [0.15, 0.2) is 0 Å². The van der Waals surface area contributed by atoms with E-state index in [2.05, 4.69) is 15.5 Å². The molecule has 0 bridgehead atoms. The fourth-order valence-corrected chi connectivity index (χ4v) is 1.67. The van der Waals surface area contributed by atoms with Crippen LogP contribution in [0.5, 0.6) is 5.75 Å². The van der Waals surface area contributed by atoms with E-state index in [0.717, 1.165) is 5.69 Å². The molecule has 0 aliphatic carbocycles.